The Hall–Kier alpha value is 0. The van der Waals surface area contributed by atoms with Gasteiger partial charge < -0.3 is 0 Å². The predicted octanol–water partition coefficient (Wildman–Crippen LogP) is 21.2. The van der Waals surface area contributed by atoms with Crippen molar-refractivity contribution in [3.8, 4) is 0 Å². The zero-order valence-corrected chi connectivity index (χ0v) is 43.2. The van der Waals surface area contributed by atoms with Crippen molar-refractivity contribution in [1.29, 1.82) is 0 Å². The molecule has 0 bridgehead atoms. The maximum absolute atomic E-state index is 7.80. The van der Waals surface area contributed by atoms with Gasteiger partial charge in [0.15, 0.2) is 0 Å². The molecule has 0 aromatic heterocycles. The second kappa shape index (κ2) is 38.2. The number of rotatable bonds is 2. The second-order valence-electron chi connectivity index (χ2n) is 22.0. The van der Waals surface area contributed by atoms with E-state index in [2.05, 4.69) is 48.5 Å². The van der Waals surface area contributed by atoms with Gasteiger partial charge in [0.25, 0.3) is 0 Å². The molecular formula is C55H120. The van der Waals surface area contributed by atoms with E-state index in [9.17, 15) is 0 Å². The van der Waals surface area contributed by atoms with Crippen molar-refractivity contribution in [3.63, 3.8) is 0 Å². The average Bonchev–Trinajstić information content (AvgIpc) is 3.73. The van der Waals surface area contributed by atoms with Gasteiger partial charge in [-0.3, -0.25) is 0 Å². The Morgan fingerprint density at radius 3 is 0.891 bits per heavy atom. The van der Waals surface area contributed by atoms with Crippen LogP contribution in [0.4, 0.5) is 0 Å². The Labute approximate surface area is 373 Å². The minimum absolute atomic E-state index is 0.0556. The van der Waals surface area contributed by atoms with E-state index >= 15 is 0 Å². The molecule has 0 aromatic carbocycles. The van der Waals surface area contributed by atoms with Crippen LogP contribution in [0.15, 0.2) is 0 Å². The van der Waals surface area contributed by atoms with Crippen LogP contribution in [-0.2, 0) is 0 Å². The summed E-state index contributed by atoms with van der Waals surface area (Å²) in [6, 6.07) is 0. The lowest BCUT2D eigenvalue weighted by atomic mass is 9.74. The van der Waals surface area contributed by atoms with Gasteiger partial charge >= 0.3 is 0 Å². The lowest BCUT2D eigenvalue weighted by molar-refractivity contribution is 0.201. The number of hydrogen-bond acceptors (Lipinski definition) is 0. The van der Waals surface area contributed by atoms with Crippen molar-refractivity contribution in [2.75, 3.05) is 0 Å². The lowest BCUT2D eigenvalue weighted by Crippen LogP contribution is -2.19. The first-order chi connectivity index (χ1) is 28.9. The van der Waals surface area contributed by atoms with Crippen molar-refractivity contribution in [1.82, 2.24) is 0 Å². The first-order valence-electron chi connectivity index (χ1n) is 28.9. The van der Waals surface area contributed by atoms with Crippen molar-refractivity contribution >= 4 is 0 Å². The van der Waals surface area contributed by atoms with Crippen LogP contribution in [0.1, 0.15) is 317 Å². The molecule has 55 heavy (non-hydrogen) atoms. The summed E-state index contributed by atoms with van der Waals surface area (Å²) in [6.07, 6.45) is 16.2. The molecule has 4 aliphatic rings. The third-order valence-corrected chi connectivity index (χ3v) is 9.46. The predicted molar refractivity (Wildman–Crippen MR) is 264 cm³/mol. The third-order valence-electron chi connectivity index (χ3n) is 9.46. The molecule has 4 saturated carbocycles. The van der Waals surface area contributed by atoms with Gasteiger partial charge in [-0.05, 0) is 69.9 Å². The quantitative estimate of drug-likeness (QED) is 0.261. The van der Waals surface area contributed by atoms with Gasteiger partial charge in [-0.1, -0.05) is 288 Å². The van der Waals surface area contributed by atoms with Gasteiger partial charge in [-0.25, -0.2) is 0 Å². The minimum atomic E-state index is -1.06. The molecule has 0 heterocycles. The summed E-state index contributed by atoms with van der Waals surface area (Å²) in [6.45, 7) is 46.7. The van der Waals surface area contributed by atoms with Crippen molar-refractivity contribution < 1.29 is 16.4 Å². The summed E-state index contributed by atoms with van der Waals surface area (Å²) in [7, 11) is 0. The van der Waals surface area contributed by atoms with E-state index < -0.39 is 25.5 Å². The van der Waals surface area contributed by atoms with Crippen LogP contribution in [0.25, 0.3) is 0 Å². The van der Waals surface area contributed by atoms with Gasteiger partial charge in [0.2, 0.25) is 0 Å². The molecular weight excluding hydrogens is 661 g/mol. The van der Waals surface area contributed by atoms with Gasteiger partial charge in [0, 0.05) is 16.4 Å². The Morgan fingerprint density at radius 1 is 0.527 bits per heavy atom. The van der Waals surface area contributed by atoms with E-state index in [0.29, 0.717) is 16.7 Å². The lowest BCUT2D eigenvalue weighted by Gasteiger charge is -2.32. The molecule has 0 unspecified atom stereocenters. The van der Waals surface area contributed by atoms with E-state index in [-0.39, 0.29) is 40.3 Å². The van der Waals surface area contributed by atoms with E-state index in [4.69, 9.17) is 16.4 Å². The molecule has 0 heteroatoms. The minimum Gasteiger partial charge on any atom is -0.0651 e. The van der Waals surface area contributed by atoms with Gasteiger partial charge in [0.1, 0.15) is 0 Å². The molecule has 4 fully saturated rings. The van der Waals surface area contributed by atoms with E-state index in [1.165, 1.54) is 57.8 Å². The molecule has 0 saturated heterocycles. The fourth-order valence-electron chi connectivity index (χ4n) is 4.70. The van der Waals surface area contributed by atoms with Gasteiger partial charge in [-0.2, -0.15) is 0 Å². The highest BCUT2D eigenvalue weighted by atomic mass is 14.3. The highest BCUT2D eigenvalue weighted by Gasteiger charge is 2.24. The normalized spacial score (nSPS) is 25.0. The summed E-state index contributed by atoms with van der Waals surface area (Å²) >= 11 is 0. The van der Waals surface area contributed by atoms with Crippen LogP contribution >= 0.6 is 0 Å². The van der Waals surface area contributed by atoms with E-state index in [1.807, 2.05) is 90.0 Å². The summed E-state index contributed by atoms with van der Waals surface area (Å²) in [5.74, 6) is -0.0154. The van der Waals surface area contributed by atoms with Crippen LogP contribution < -0.4 is 0 Å². The molecule has 0 amide bonds. The highest BCUT2D eigenvalue weighted by Crippen LogP contribution is 2.37. The molecule has 4 aliphatic carbocycles. The van der Waals surface area contributed by atoms with Crippen molar-refractivity contribution in [3.05, 3.63) is 0 Å². The molecule has 0 aromatic rings. The largest absolute Gasteiger partial charge is 0.0651 e. The summed E-state index contributed by atoms with van der Waals surface area (Å²) in [5.41, 5.74) is 0.556. The zero-order chi connectivity index (χ0) is 55.2. The summed E-state index contributed by atoms with van der Waals surface area (Å²) in [5, 5.41) is 0. The SMILES string of the molecule is CC(C)(C)C.[2H]C(C)(C)C.[2H]C([2H])(C)C(C)(C)C.[2H]C([2H])(C)C(C)(C)C.[2H]C([2H])(C)C(C)C.[2H]C([2H])(C)C1CCCC1.[2H]C1(C)CCC(C)(C)CC1.[2H]C1(C)CCCC1.[2H]C1(C)CCCCC1. The molecule has 0 atom stereocenters. The van der Waals surface area contributed by atoms with Crippen LogP contribution in [-0.4, -0.2) is 0 Å². The van der Waals surface area contributed by atoms with Crippen LogP contribution in [0.3, 0.4) is 0 Å². The molecule has 0 radical (unpaired) electrons. The number of hydrogen-bond donors (Lipinski definition) is 0. The summed E-state index contributed by atoms with van der Waals surface area (Å²) in [4.78, 5) is 0. The first kappa shape index (κ1) is 41.7. The van der Waals surface area contributed by atoms with Crippen molar-refractivity contribution in [2.24, 2.45) is 57.1 Å². The molecule has 340 valence electrons. The average molecular weight is 794 g/mol. The maximum Gasteiger partial charge on any atom is 0.0300 e. The van der Waals surface area contributed by atoms with Crippen LogP contribution in [0, 0.1) is 57.1 Å². The fraction of sp³-hybridized carbons (Fsp3) is 1.00. The molecule has 0 N–H and O–H groups in total. The first-order valence-corrected chi connectivity index (χ1v) is 22.9. The Bertz CT molecular complexity index is 1070. The maximum atomic E-state index is 7.80. The van der Waals surface area contributed by atoms with Crippen molar-refractivity contribution in [2.45, 2.75) is 301 Å². The second-order valence-corrected chi connectivity index (χ2v) is 22.0. The van der Waals surface area contributed by atoms with E-state index in [0.717, 1.165) is 51.4 Å². The Kier molecular flexibility index (Phi) is 29.0. The Balaban J connectivity index is -0.000000217. The smallest absolute Gasteiger partial charge is 0.0300 e. The molecule has 0 spiro atoms. The topological polar surface area (TPSA) is 0 Å². The zero-order valence-electron chi connectivity index (χ0n) is 55.2. The summed E-state index contributed by atoms with van der Waals surface area (Å²) < 4.78 is 87.8. The molecule has 0 aliphatic heterocycles. The van der Waals surface area contributed by atoms with Crippen LogP contribution in [0.5, 0.6) is 0 Å². The van der Waals surface area contributed by atoms with Gasteiger partial charge in [-0.15, -0.1) is 0 Å². The molecule has 0 nitrogen and oxygen atoms in total. The van der Waals surface area contributed by atoms with Gasteiger partial charge in [0.05, 0.1) is 0 Å². The van der Waals surface area contributed by atoms with Crippen LogP contribution in [0.2, 0.25) is 0 Å². The Morgan fingerprint density at radius 2 is 0.745 bits per heavy atom. The highest BCUT2D eigenvalue weighted by molar-refractivity contribution is 4.76. The molecule has 4 rings (SSSR count). The fourth-order valence-corrected chi connectivity index (χ4v) is 4.70. The van der Waals surface area contributed by atoms with E-state index in [1.54, 1.807) is 27.7 Å². The standard InChI is InChI=1S/C9H18.2C7H14.C6H12.2C6H14.2C5H12.C4H10/c1-8-4-6-9(2,3)7-5-8;1-7-5-3-2-4-6-7;1-2-7-5-3-4-6-7;1-6-4-2-3-5-6;2*1-5-6(2,3)4;1-5(2,3)4;1-4-5(2)3;1-4(2)3/h8H,4-7H2,1-3H3;2*7H,2-6H2,1H3;6H,2-5H2,1H3;2*5H2,1-4H3;1-4H3;5H,4H2,1-3H3;4H,1-3H3/i8D;7D;2D2;6D;2*5D2;;4D2;4D. The third kappa shape index (κ3) is 75.4. The monoisotopic (exact) mass is 793 g/mol.